The molecule has 0 bridgehead atoms. The lowest BCUT2D eigenvalue weighted by atomic mass is 9.78. The van der Waals surface area contributed by atoms with Gasteiger partial charge in [-0.15, -0.1) is 0 Å². The lowest BCUT2D eigenvalue weighted by Gasteiger charge is -2.26. The van der Waals surface area contributed by atoms with Gasteiger partial charge in [-0.25, -0.2) is 0 Å². The second-order valence-electron chi connectivity index (χ2n) is 9.63. The molecule has 0 heterocycles. The number of hydrogen-bond acceptors (Lipinski definition) is 0. The first-order valence-corrected chi connectivity index (χ1v) is 11.2. The average Bonchev–Trinajstić information content (AvgIpc) is 3.18. The second kappa shape index (κ2) is 6.76. The predicted octanol–water partition coefficient (Wildman–Crippen LogP) is 8.17. The van der Waals surface area contributed by atoms with Crippen molar-refractivity contribution in [3.8, 4) is 0 Å². The molecule has 2 unspecified atom stereocenters. The molecule has 0 nitrogen and oxygen atoms in total. The van der Waals surface area contributed by atoms with Crippen molar-refractivity contribution in [1.29, 1.82) is 0 Å². The lowest BCUT2D eigenvalue weighted by molar-refractivity contribution is 0.580. The van der Waals surface area contributed by atoms with Crippen LogP contribution in [0.3, 0.4) is 0 Å². The van der Waals surface area contributed by atoms with Crippen LogP contribution >= 0.6 is 0 Å². The third kappa shape index (κ3) is 2.72. The Morgan fingerprint density at radius 1 is 0.643 bits per heavy atom. The Labute approximate surface area is 170 Å². The summed E-state index contributed by atoms with van der Waals surface area (Å²) in [6.07, 6.45) is 10.1. The minimum atomic E-state index is 0.597. The minimum absolute atomic E-state index is 0.597. The van der Waals surface area contributed by atoms with Crippen LogP contribution in [0.1, 0.15) is 110 Å². The molecule has 2 aromatic carbocycles. The largest absolute Gasteiger partial charge is 0.0620 e. The monoisotopic (exact) mass is 368 g/mol. The van der Waals surface area contributed by atoms with Gasteiger partial charge in [-0.1, -0.05) is 87.4 Å². The van der Waals surface area contributed by atoms with E-state index in [0.717, 1.165) is 0 Å². The zero-order chi connectivity index (χ0) is 19.4. The van der Waals surface area contributed by atoms with Gasteiger partial charge in [0.2, 0.25) is 0 Å². The van der Waals surface area contributed by atoms with Crippen LogP contribution in [-0.2, 0) is 0 Å². The molecule has 0 aliphatic heterocycles. The smallest absolute Gasteiger partial charge is 0.00605 e. The van der Waals surface area contributed by atoms with Crippen molar-refractivity contribution < 1.29 is 0 Å². The average molecular weight is 369 g/mol. The molecule has 28 heavy (non-hydrogen) atoms. The summed E-state index contributed by atoms with van der Waals surface area (Å²) < 4.78 is 0. The van der Waals surface area contributed by atoms with E-state index in [0.29, 0.717) is 23.7 Å². The van der Waals surface area contributed by atoms with Crippen molar-refractivity contribution in [3.05, 3.63) is 80.9 Å². The molecule has 0 saturated heterocycles. The third-order valence-corrected chi connectivity index (χ3v) is 7.34. The zero-order valence-corrected chi connectivity index (χ0v) is 17.8. The molecule has 0 N–H and O–H groups in total. The van der Waals surface area contributed by atoms with Crippen molar-refractivity contribution in [1.82, 2.24) is 0 Å². The molecule has 5 rings (SSSR count). The summed E-state index contributed by atoms with van der Waals surface area (Å²) in [5.41, 5.74) is 12.7. The maximum absolute atomic E-state index is 2.56. The van der Waals surface area contributed by atoms with Gasteiger partial charge in [0.1, 0.15) is 0 Å². The zero-order valence-electron chi connectivity index (χ0n) is 17.8. The van der Waals surface area contributed by atoms with Crippen LogP contribution in [0, 0.1) is 0 Å². The van der Waals surface area contributed by atoms with E-state index in [9.17, 15) is 0 Å². The molecule has 0 radical (unpaired) electrons. The summed E-state index contributed by atoms with van der Waals surface area (Å²) in [5.74, 6) is 2.48. The van der Waals surface area contributed by atoms with Gasteiger partial charge in [-0.2, -0.15) is 0 Å². The maximum atomic E-state index is 2.56. The fraction of sp³-hybridized carbons (Fsp3) is 0.429. The first-order chi connectivity index (χ1) is 13.5. The van der Waals surface area contributed by atoms with Crippen molar-refractivity contribution in [2.75, 3.05) is 0 Å². The van der Waals surface area contributed by atoms with Gasteiger partial charge in [0.15, 0.2) is 0 Å². The van der Waals surface area contributed by atoms with Gasteiger partial charge in [0.05, 0.1) is 0 Å². The van der Waals surface area contributed by atoms with Crippen LogP contribution in [0.15, 0.2) is 47.5 Å². The van der Waals surface area contributed by atoms with Crippen molar-refractivity contribution in [2.45, 2.75) is 77.0 Å². The van der Waals surface area contributed by atoms with E-state index in [2.05, 4.69) is 76.2 Å². The number of benzene rings is 2. The number of fused-ring (bicyclic) bond motifs is 6. The summed E-state index contributed by atoms with van der Waals surface area (Å²) in [5, 5.41) is 0. The third-order valence-electron chi connectivity index (χ3n) is 7.34. The molecule has 1 saturated carbocycles. The fourth-order valence-corrected chi connectivity index (χ4v) is 5.92. The van der Waals surface area contributed by atoms with E-state index in [1.807, 2.05) is 0 Å². The van der Waals surface area contributed by atoms with E-state index in [-0.39, 0.29) is 0 Å². The summed E-state index contributed by atoms with van der Waals surface area (Å²) in [6, 6.07) is 14.0. The van der Waals surface area contributed by atoms with Gasteiger partial charge in [0.25, 0.3) is 0 Å². The molecule has 3 aliphatic carbocycles. The highest BCUT2D eigenvalue weighted by Crippen LogP contribution is 2.51. The molecule has 1 fully saturated rings. The van der Waals surface area contributed by atoms with Gasteiger partial charge in [-0.05, 0) is 70.9 Å². The Bertz CT molecular complexity index is 902. The topological polar surface area (TPSA) is 0 Å². The molecule has 0 spiro atoms. The summed E-state index contributed by atoms with van der Waals surface area (Å²) in [6.45, 7) is 9.31. The van der Waals surface area contributed by atoms with Crippen LogP contribution in [0.5, 0.6) is 0 Å². The van der Waals surface area contributed by atoms with Crippen LogP contribution in [0.2, 0.25) is 0 Å². The number of allylic oxidation sites excluding steroid dienone is 2. The Morgan fingerprint density at radius 2 is 1.07 bits per heavy atom. The Kier molecular flexibility index (Phi) is 4.34. The Balaban J connectivity index is 1.50. The highest BCUT2D eigenvalue weighted by atomic mass is 14.4. The van der Waals surface area contributed by atoms with E-state index >= 15 is 0 Å². The van der Waals surface area contributed by atoms with Crippen LogP contribution in [0.25, 0.3) is 12.2 Å². The molecule has 144 valence electrons. The molecular weight excluding hydrogens is 336 g/mol. The first-order valence-electron chi connectivity index (χ1n) is 11.2. The second-order valence-corrected chi connectivity index (χ2v) is 9.63. The summed E-state index contributed by atoms with van der Waals surface area (Å²) in [4.78, 5) is 0. The van der Waals surface area contributed by atoms with Gasteiger partial charge in [-0.3, -0.25) is 0 Å². The van der Waals surface area contributed by atoms with E-state index in [4.69, 9.17) is 0 Å². The fourth-order valence-electron chi connectivity index (χ4n) is 5.92. The van der Waals surface area contributed by atoms with Crippen LogP contribution < -0.4 is 0 Å². The summed E-state index contributed by atoms with van der Waals surface area (Å²) in [7, 11) is 0. The molecule has 2 aromatic rings. The molecule has 3 aliphatic rings. The van der Waals surface area contributed by atoms with Crippen molar-refractivity contribution in [2.24, 2.45) is 0 Å². The molecule has 0 heteroatoms. The molecule has 0 aromatic heterocycles. The maximum Gasteiger partial charge on any atom is 0.00605 e. The molecular formula is C28H32. The van der Waals surface area contributed by atoms with Crippen LogP contribution in [-0.4, -0.2) is 0 Å². The number of rotatable bonds is 2. The van der Waals surface area contributed by atoms with Gasteiger partial charge in [0, 0.05) is 11.8 Å². The highest BCUT2D eigenvalue weighted by Gasteiger charge is 2.34. The molecule has 0 amide bonds. The Hall–Kier alpha value is -2.08. The molecule has 2 atom stereocenters. The van der Waals surface area contributed by atoms with E-state index < -0.39 is 0 Å². The normalized spacial score (nSPS) is 22.8. The van der Waals surface area contributed by atoms with Gasteiger partial charge >= 0.3 is 0 Å². The summed E-state index contributed by atoms with van der Waals surface area (Å²) >= 11 is 0. The highest BCUT2D eigenvalue weighted by molar-refractivity contribution is 5.72. The van der Waals surface area contributed by atoms with Gasteiger partial charge < -0.3 is 0 Å². The predicted molar refractivity (Wildman–Crippen MR) is 121 cm³/mol. The number of hydrogen-bond donors (Lipinski definition) is 0. The quantitative estimate of drug-likeness (QED) is 0.501. The Morgan fingerprint density at radius 3 is 1.46 bits per heavy atom. The lowest BCUT2D eigenvalue weighted by Crippen LogP contribution is -2.09. The van der Waals surface area contributed by atoms with Crippen LogP contribution in [0.4, 0.5) is 0 Å². The minimum Gasteiger partial charge on any atom is -0.0620 e. The van der Waals surface area contributed by atoms with Crippen molar-refractivity contribution in [3.63, 3.8) is 0 Å². The standard InChI is InChI=1S/C28H32/c1-17(2)21-7-5-9-25-23-13-12-20-16-28-22(18(3)4)8-6-10-26(28)24(20)14-11-19(23)15-27(21)25/h5-10,15-18,23-24H,11-14H2,1-4H3. The first kappa shape index (κ1) is 18.0. The van der Waals surface area contributed by atoms with E-state index in [1.54, 1.807) is 33.4 Å². The van der Waals surface area contributed by atoms with E-state index in [1.165, 1.54) is 36.8 Å². The van der Waals surface area contributed by atoms with Crippen molar-refractivity contribution >= 4 is 12.2 Å². The SMILES string of the molecule is CC(C)c1cccc2c1C=C1CCC3C(=Cc4c(C(C)C)cccc43)CCC12.